The van der Waals surface area contributed by atoms with Crippen molar-refractivity contribution in [3.05, 3.63) is 35.4 Å². The van der Waals surface area contributed by atoms with Crippen LogP contribution < -0.4 is 0 Å². The van der Waals surface area contributed by atoms with Crippen LogP contribution in [-0.2, 0) is 11.2 Å². The van der Waals surface area contributed by atoms with E-state index >= 15 is 0 Å². The highest BCUT2D eigenvalue weighted by atomic mass is 16.1. The highest BCUT2D eigenvalue weighted by Crippen LogP contribution is 2.10. The van der Waals surface area contributed by atoms with Crippen molar-refractivity contribution in [1.29, 1.82) is 0 Å². The van der Waals surface area contributed by atoms with E-state index in [-0.39, 0.29) is 0 Å². The minimum atomic E-state index is 0.343. The van der Waals surface area contributed by atoms with Crippen LogP contribution in [0.4, 0.5) is 0 Å². The third-order valence-electron chi connectivity index (χ3n) is 2.58. The molecule has 1 aliphatic rings. The summed E-state index contributed by atoms with van der Waals surface area (Å²) in [6.45, 7) is 4.72. The van der Waals surface area contributed by atoms with Gasteiger partial charge in [0.1, 0.15) is 5.78 Å². The summed E-state index contributed by atoms with van der Waals surface area (Å²) < 4.78 is 0. The Labute approximate surface area is 97.4 Å². The van der Waals surface area contributed by atoms with Gasteiger partial charge in [0.15, 0.2) is 0 Å². The van der Waals surface area contributed by atoms with Gasteiger partial charge in [-0.2, -0.15) is 0 Å². The maximum atomic E-state index is 10.2. The summed E-state index contributed by atoms with van der Waals surface area (Å²) in [7, 11) is 0. The quantitative estimate of drug-likeness (QED) is 0.748. The van der Waals surface area contributed by atoms with Gasteiger partial charge in [-0.05, 0) is 17.5 Å². The number of rotatable bonds is 2. The van der Waals surface area contributed by atoms with Crippen molar-refractivity contribution in [3.8, 4) is 0 Å². The predicted octanol–water partition coefficient (Wildman–Crippen LogP) is 3.04. The predicted molar refractivity (Wildman–Crippen MR) is 68.2 cm³/mol. The van der Waals surface area contributed by atoms with Gasteiger partial charge in [-0.15, -0.1) is 0 Å². The fourth-order valence-electron chi connectivity index (χ4n) is 1.49. The standard InChI is InChI=1S/C9H9N.C5H10O/c1-2-4-9-7-10-6-5-8(9)3-1;1-3-5(6)4-2/h1-4,7H,5-6H2;3-4H2,1-2H3. The van der Waals surface area contributed by atoms with E-state index in [0.29, 0.717) is 18.6 Å². The molecule has 0 radical (unpaired) electrons. The second-order valence-electron chi connectivity index (χ2n) is 3.73. The number of carbonyl (C=O) groups excluding carboxylic acids is 1. The molecule has 0 amide bonds. The Morgan fingerprint density at radius 1 is 1.25 bits per heavy atom. The molecule has 2 nitrogen and oxygen atoms in total. The van der Waals surface area contributed by atoms with Crippen molar-refractivity contribution in [2.24, 2.45) is 4.99 Å². The zero-order valence-corrected chi connectivity index (χ0v) is 10.1. The molecule has 1 aromatic carbocycles. The number of Topliss-reactive ketones (excluding diaryl/α,β-unsaturated/α-hetero) is 1. The number of hydrogen-bond donors (Lipinski definition) is 0. The zero-order valence-electron chi connectivity index (χ0n) is 10.1. The minimum absolute atomic E-state index is 0.343. The van der Waals surface area contributed by atoms with Crippen molar-refractivity contribution in [3.63, 3.8) is 0 Å². The molecule has 0 aromatic heterocycles. The van der Waals surface area contributed by atoms with Gasteiger partial charge < -0.3 is 0 Å². The van der Waals surface area contributed by atoms with E-state index in [0.717, 1.165) is 13.0 Å². The van der Waals surface area contributed by atoms with Crippen LogP contribution >= 0.6 is 0 Å². The molecule has 0 N–H and O–H groups in total. The lowest BCUT2D eigenvalue weighted by Gasteiger charge is -2.07. The first-order valence-corrected chi connectivity index (χ1v) is 5.87. The summed E-state index contributed by atoms with van der Waals surface area (Å²) in [6.07, 6.45) is 4.44. The van der Waals surface area contributed by atoms with Crippen LogP contribution in [0.2, 0.25) is 0 Å². The van der Waals surface area contributed by atoms with E-state index in [2.05, 4.69) is 29.3 Å². The molecular weight excluding hydrogens is 198 g/mol. The molecule has 0 saturated heterocycles. The van der Waals surface area contributed by atoms with Crippen LogP contribution in [-0.4, -0.2) is 18.5 Å². The summed E-state index contributed by atoms with van der Waals surface area (Å²) in [5.74, 6) is 0.343. The van der Waals surface area contributed by atoms with Gasteiger partial charge in [0, 0.05) is 25.6 Å². The number of carbonyl (C=O) groups is 1. The lowest BCUT2D eigenvalue weighted by molar-refractivity contribution is -0.118. The van der Waals surface area contributed by atoms with Gasteiger partial charge >= 0.3 is 0 Å². The largest absolute Gasteiger partial charge is 0.300 e. The lowest BCUT2D eigenvalue weighted by atomic mass is 10.0. The van der Waals surface area contributed by atoms with E-state index < -0.39 is 0 Å². The lowest BCUT2D eigenvalue weighted by Crippen LogP contribution is -2.01. The molecule has 16 heavy (non-hydrogen) atoms. The van der Waals surface area contributed by atoms with E-state index in [9.17, 15) is 4.79 Å². The Kier molecular flexibility index (Phi) is 5.48. The molecule has 0 bridgehead atoms. The number of benzene rings is 1. The van der Waals surface area contributed by atoms with Crippen molar-refractivity contribution >= 4 is 12.0 Å². The molecule has 2 heteroatoms. The normalized spacial score (nSPS) is 12.4. The van der Waals surface area contributed by atoms with E-state index in [1.807, 2.05) is 20.1 Å². The van der Waals surface area contributed by atoms with Gasteiger partial charge in [-0.1, -0.05) is 38.1 Å². The molecular formula is C14H19NO. The van der Waals surface area contributed by atoms with Gasteiger partial charge in [0.2, 0.25) is 0 Å². The molecule has 2 rings (SSSR count). The molecule has 0 spiro atoms. The molecule has 1 aromatic rings. The van der Waals surface area contributed by atoms with Crippen molar-refractivity contribution in [1.82, 2.24) is 0 Å². The number of aliphatic imine (C=N–C) groups is 1. The summed E-state index contributed by atoms with van der Waals surface area (Å²) in [5.41, 5.74) is 2.71. The second kappa shape index (κ2) is 6.94. The fourth-order valence-corrected chi connectivity index (χ4v) is 1.49. The summed E-state index contributed by atoms with van der Waals surface area (Å²) in [5, 5.41) is 0. The van der Waals surface area contributed by atoms with Gasteiger partial charge in [-0.25, -0.2) is 0 Å². The highest BCUT2D eigenvalue weighted by Gasteiger charge is 2.01. The average molecular weight is 217 g/mol. The molecule has 0 atom stereocenters. The van der Waals surface area contributed by atoms with E-state index in [1.54, 1.807) is 0 Å². The Balaban J connectivity index is 0.000000187. The van der Waals surface area contributed by atoms with Crippen LogP contribution in [0.15, 0.2) is 29.3 Å². The maximum Gasteiger partial charge on any atom is 0.132 e. The molecule has 86 valence electrons. The first-order chi connectivity index (χ1) is 7.77. The molecule has 0 unspecified atom stereocenters. The fraction of sp³-hybridized carbons (Fsp3) is 0.429. The third kappa shape index (κ3) is 3.97. The minimum Gasteiger partial charge on any atom is -0.300 e. The summed E-state index contributed by atoms with van der Waals surface area (Å²) >= 11 is 0. The van der Waals surface area contributed by atoms with E-state index in [4.69, 9.17) is 0 Å². The molecule has 0 fully saturated rings. The Morgan fingerprint density at radius 2 is 1.94 bits per heavy atom. The number of ketones is 1. The Morgan fingerprint density at radius 3 is 2.50 bits per heavy atom. The topological polar surface area (TPSA) is 29.4 Å². The number of nitrogens with zero attached hydrogens (tertiary/aromatic N) is 1. The number of hydrogen-bond acceptors (Lipinski definition) is 2. The van der Waals surface area contributed by atoms with Crippen LogP contribution in [0.5, 0.6) is 0 Å². The van der Waals surface area contributed by atoms with Gasteiger partial charge in [0.05, 0.1) is 0 Å². The van der Waals surface area contributed by atoms with E-state index in [1.165, 1.54) is 11.1 Å². The number of fused-ring (bicyclic) bond motifs is 1. The van der Waals surface area contributed by atoms with Crippen molar-refractivity contribution < 1.29 is 4.79 Å². The first-order valence-electron chi connectivity index (χ1n) is 5.87. The van der Waals surface area contributed by atoms with Crippen LogP contribution in [0.1, 0.15) is 37.8 Å². The van der Waals surface area contributed by atoms with Crippen molar-refractivity contribution in [2.45, 2.75) is 33.1 Å². The zero-order chi connectivity index (χ0) is 11.8. The first kappa shape index (κ1) is 12.6. The van der Waals surface area contributed by atoms with Crippen LogP contribution in [0.25, 0.3) is 0 Å². The van der Waals surface area contributed by atoms with Crippen LogP contribution in [0.3, 0.4) is 0 Å². The van der Waals surface area contributed by atoms with Gasteiger partial charge in [0.25, 0.3) is 0 Å². The molecule has 0 aliphatic carbocycles. The summed E-state index contributed by atoms with van der Waals surface area (Å²) in [6, 6.07) is 8.41. The monoisotopic (exact) mass is 217 g/mol. The SMILES string of the molecule is C1=NCCc2ccccc21.CCC(=O)CC. The maximum absolute atomic E-state index is 10.2. The average Bonchev–Trinajstić information content (AvgIpc) is 2.38. The molecule has 0 saturated carbocycles. The summed E-state index contributed by atoms with van der Waals surface area (Å²) in [4.78, 5) is 14.4. The Hall–Kier alpha value is -1.44. The Bertz CT molecular complexity index is 363. The molecule has 1 aliphatic heterocycles. The van der Waals surface area contributed by atoms with Crippen molar-refractivity contribution in [2.75, 3.05) is 6.54 Å². The highest BCUT2D eigenvalue weighted by molar-refractivity contribution is 5.82. The third-order valence-corrected chi connectivity index (χ3v) is 2.58. The van der Waals surface area contributed by atoms with Gasteiger partial charge in [-0.3, -0.25) is 9.79 Å². The van der Waals surface area contributed by atoms with Crippen LogP contribution in [0, 0.1) is 0 Å². The molecule has 1 heterocycles. The smallest absolute Gasteiger partial charge is 0.132 e. The second-order valence-corrected chi connectivity index (χ2v) is 3.73.